The number of hydrogen-bond acceptors (Lipinski definition) is 7. The molecule has 0 radical (unpaired) electrons. The van der Waals surface area contributed by atoms with Crippen molar-refractivity contribution in [3.05, 3.63) is 48.0 Å². The summed E-state index contributed by atoms with van der Waals surface area (Å²) < 4.78 is 0. The number of nitrogens with one attached hydrogen (secondary N) is 2. The molecule has 9 heteroatoms. The number of aliphatic hydroxyl groups is 1. The van der Waals surface area contributed by atoms with Gasteiger partial charge in [-0.3, -0.25) is 20.6 Å². The lowest BCUT2D eigenvalue weighted by Gasteiger charge is -2.18. The first-order valence-corrected chi connectivity index (χ1v) is 9.40. The summed E-state index contributed by atoms with van der Waals surface area (Å²) in [5, 5.41) is 35.4. The van der Waals surface area contributed by atoms with Crippen LogP contribution in [0.5, 0.6) is 0 Å². The Morgan fingerprint density at radius 2 is 1.82 bits per heavy atom. The first kappa shape index (κ1) is 19.9. The molecule has 0 fully saturated rings. The second-order valence-electron chi connectivity index (χ2n) is 6.70. The van der Waals surface area contributed by atoms with E-state index >= 15 is 0 Å². The molecule has 28 heavy (non-hydrogen) atoms. The average molecular weight is 400 g/mol. The summed E-state index contributed by atoms with van der Waals surface area (Å²) in [4.78, 5) is 15.0. The van der Waals surface area contributed by atoms with Crippen LogP contribution in [-0.2, 0) is 10.4 Å². The number of aromatic amines is 1. The van der Waals surface area contributed by atoms with Crippen molar-refractivity contribution in [2.45, 2.75) is 24.6 Å². The van der Waals surface area contributed by atoms with Gasteiger partial charge in [-0.1, -0.05) is 36.0 Å². The summed E-state index contributed by atoms with van der Waals surface area (Å²) in [5.41, 5.74) is 4.88. The van der Waals surface area contributed by atoms with Crippen LogP contribution < -0.4 is 5.48 Å². The van der Waals surface area contributed by atoms with Crippen molar-refractivity contribution in [2.24, 2.45) is 0 Å². The van der Waals surface area contributed by atoms with Crippen molar-refractivity contribution >= 4 is 23.4 Å². The molecule has 0 atom stereocenters. The predicted molar refractivity (Wildman–Crippen MR) is 106 cm³/mol. The molecule has 0 unspecified atom stereocenters. The van der Waals surface area contributed by atoms with E-state index in [0.717, 1.165) is 28.5 Å². The Kier molecular flexibility index (Phi) is 5.68. The Morgan fingerprint density at radius 3 is 2.43 bits per heavy atom. The maximum Gasteiger partial charge on any atom is 0.313 e. The molecular weight excluding hydrogens is 380 g/mol. The van der Waals surface area contributed by atoms with Gasteiger partial charge in [0.05, 0.1) is 17.0 Å². The maximum atomic E-state index is 10.7. The molecule has 0 aliphatic carbocycles. The van der Waals surface area contributed by atoms with Crippen molar-refractivity contribution in [3.8, 4) is 22.5 Å². The Hall–Kier alpha value is -2.88. The van der Waals surface area contributed by atoms with Crippen LogP contribution in [0.1, 0.15) is 19.4 Å². The van der Waals surface area contributed by atoms with Crippen LogP contribution in [0.2, 0.25) is 0 Å². The fourth-order valence-corrected chi connectivity index (χ4v) is 3.15. The minimum atomic E-state index is -0.945. The standard InChI is InChI=1S/C19H20N4O4S/c1-19(2,26)14-5-3-11(4-6-14)12-7-13(9-15(8-12)23-27)17-20-18(22-21-17)28-10-16(24)25/h3-9,23,26-27H,10H2,1-2H3,(H,24,25)(H,20,21,22). The molecule has 2 aromatic carbocycles. The highest BCUT2D eigenvalue weighted by Crippen LogP contribution is 2.31. The lowest BCUT2D eigenvalue weighted by Crippen LogP contribution is -2.14. The summed E-state index contributed by atoms with van der Waals surface area (Å²) in [7, 11) is 0. The number of rotatable bonds is 7. The monoisotopic (exact) mass is 400 g/mol. The van der Waals surface area contributed by atoms with Crippen molar-refractivity contribution in [1.82, 2.24) is 15.2 Å². The molecule has 0 spiro atoms. The predicted octanol–water partition coefficient (Wildman–Crippen LogP) is 3.34. The Bertz CT molecular complexity index is 980. The number of carboxylic acids is 1. The number of thioether (sulfide) groups is 1. The van der Waals surface area contributed by atoms with Gasteiger partial charge in [0.15, 0.2) is 5.82 Å². The van der Waals surface area contributed by atoms with E-state index in [0.29, 0.717) is 22.2 Å². The van der Waals surface area contributed by atoms with Gasteiger partial charge in [-0.05, 0) is 48.7 Å². The highest BCUT2D eigenvalue weighted by atomic mass is 32.2. The largest absolute Gasteiger partial charge is 0.481 e. The molecule has 8 nitrogen and oxygen atoms in total. The molecule has 0 saturated carbocycles. The van der Waals surface area contributed by atoms with Crippen LogP contribution in [0.3, 0.4) is 0 Å². The third-order valence-electron chi connectivity index (χ3n) is 4.05. The van der Waals surface area contributed by atoms with E-state index in [1.807, 2.05) is 30.3 Å². The molecule has 3 aromatic rings. The molecule has 0 aliphatic heterocycles. The maximum absolute atomic E-state index is 10.7. The van der Waals surface area contributed by atoms with E-state index in [9.17, 15) is 15.1 Å². The van der Waals surface area contributed by atoms with Gasteiger partial charge in [-0.2, -0.15) is 0 Å². The summed E-state index contributed by atoms with van der Waals surface area (Å²) in [5.74, 6) is -0.618. The van der Waals surface area contributed by atoms with Crippen LogP contribution in [0.4, 0.5) is 5.69 Å². The SMILES string of the molecule is CC(C)(O)c1ccc(-c2cc(NO)cc(-c3nc(SCC(=O)O)n[nH]3)c2)cc1. The smallest absolute Gasteiger partial charge is 0.313 e. The zero-order chi connectivity index (χ0) is 20.3. The number of anilines is 1. The van der Waals surface area contributed by atoms with Crippen molar-refractivity contribution < 1.29 is 20.2 Å². The number of aromatic nitrogens is 3. The molecule has 5 N–H and O–H groups in total. The number of aliphatic carboxylic acids is 1. The van der Waals surface area contributed by atoms with Crippen molar-refractivity contribution in [1.29, 1.82) is 0 Å². The topological polar surface area (TPSA) is 131 Å². The molecule has 3 rings (SSSR count). The van der Waals surface area contributed by atoms with Crippen LogP contribution in [0, 0.1) is 0 Å². The first-order valence-electron chi connectivity index (χ1n) is 8.42. The number of hydrogen-bond donors (Lipinski definition) is 5. The molecule has 0 saturated heterocycles. The van der Waals surface area contributed by atoms with Gasteiger partial charge in [-0.25, -0.2) is 4.98 Å². The summed E-state index contributed by atoms with van der Waals surface area (Å²) in [6, 6.07) is 12.8. The molecule has 0 amide bonds. The second kappa shape index (κ2) is 8.01. The van der Waals surface area contributed by atoms with E-state index < -0.39 is 11.6 Å². The molecule has 146 valence electrons. The molecule has 0 bridgehead atoms. The zero-order valence-electron chi connectivity index (χ0n) is 15.3. The Balaban J connectivity index is 1.93. The fourth-order valence-electron chi connectivity index (χ4n) is 2.63. The third kappa shape index (κ3) is 4.69. The zero-order valence-corrected chi connectivity index (χ0v) is 16.1. The molecule has 1 aromatic heterocycles. The highest BCUT2D eigenvalue weighted by molar-refractivity contribution is 7.99. The van der Waals surface area contributed by atoms with Gasteiger partial charge < -0.3 is 10.2 Å². The van der Waals surface area contributed by atoms with E-state index in [1.54, 1.807) is 26.0 Å². The van der Waals surface area contributed by atoms with E-state index in [1.165, 1.54) is 0 Å². The second-order valence-corrected chi connectivity index (χ2v) is 7.64. The molecule has 0 aliphatic rings. The Labute approximate surface area is 165 Å². The van der Waals surface area contributed by atoms with Gasteiger partial charge >= 0.3 is 5.97 Å². The lowest BCUT2D eigenvalue weighted by atomic mass is 9.95. The quantitative estimate of drug-likeness (QED) is 0.301. The summed E-state index contributed by atoms with van der Waals surface area (Å²) in [6.45, 7) is 3.44. The third-order valence-corrected chi connectivity index (χ3v) is 4.88. The van der Waals surface area contributed by atoms with E-state index in [2.05, 4.69) is 20.7 Å². The number of carbonyl (C=O) groups is 1. The highest BCUT2D eigenvalue weighted by Gasteiger charge is 2.16. The van der Waals surface area contributed by atoms with Gasteiger partial charge in [0.25, 0.3) is 0 Å². The Morgan fingerprint density at radius 1 is 1.14 bits per heavy atom. The van der Waals surface area contributed by atoms with Gasteiger partial charge in [-0.15, -0.1) is 5.10 Å². The molecular formula is C19H20N4O4S. The van der Waals surface area contributed by atoms with Crippen LogP contribution in [0.15, 0.2) is 47.6 Å². The summed E-state index contributed by atoms with van der Waals surface area (Å²) >= 11 is 1.02. The fraction of sp³-hybridized carbons (Fsp3) is 0.211. The van der Waals surface area contributed by atoms with Gasteiger partial charge in [0.1, 0.15) is 0 Å². The summed E-state index contributed by atoms with van der Waals surface area (Å²) in [6.07, 6.45) is 0. The van der Waals surface area contributed by atoms with Crippen LogP contribution in [0.25, 0.3) is 22.5 Å². The van der Waals surface area contributed by atoms with E-state index in [-0.39, 0.29) is 5.75 Å². The van der Waals surface area contributed by atoms with Crippen LogP contribution in [-0.4, -0.2) is 42.3 Å². The van der Waals surface area contributed by atoms with E-state index in [4.69, 9.17) is 5.11 Å². The number of nitrogens with zero attached hydrogens (tertiary/aromatic N) is 2. The average Bonchev–Trinajstić information content (AvgIpc) is 3.14. The minimum Gasteiger partial charge on any atom is -0.481 e. The lowest BCUT2D eigenvalue weighted by molar-refractivity contribution is -0.133. The number of benzene rings is 2. The van der Waals surface area contributed by atoms with Crippen LogP contribution >= 0.6 is 11.8 Å². The number of carboxylic acid groups (broad SMARTS) is 1. The molecule has 1 heterocycles. The van der Waals surface area contributed by atoms with Gasteiger partial charge in [0, 0.05) is 5.56 Å². The first-order chi connectivity index (χ1) is 13.3. The van der Waals surface area contributed by atoms with Crippen molar-refractivity contribution in [2.75, 3.05) is 11.2 Å². The van der Waals surface area contributed by atoms with Gasteiger partial charge in [0.2, 0.25) is 5.16 Å². The normalized spacial score (nSPS) is 11.4. The van der Waals surface area contributed by atoms with Crippen molar-refractivity contribution in [3.63, 3.8) is 0 Å². The minimum absolute atomic E-state index is 0.131. The number of H-pyrrole nitrogens is 1.